The Morgan fingerprint density at radius 2 is 1.92 bits per heavy atom. The van der Waals surface area contributed by atoms with Crippen molar-refractivity contribution in [2.75, 3.05) is 39.5 Å². The first-order valence-corrected chi connectivity index (χ1v) is 8.99. The SMILES string of the molecule is CC(=O)c1c(C)cc2oc(=O)cc(C)c2c1OCCCN1CCOCC1. The van der Waals surface area contributed by atoms with Crippen LogP contribution in [-0.2, 0) is 4.74 Å². The van der Waals surface area contributed by atoms with Crippen LogP contribution in [0.3, 0.4) is 0 Å². The fraction of sp³-hybridized carbons (Fsp3) is 0.500. The average Bonchev–Trinajstić information content (AvgIpc) is 2.58. The number of Topliss-reactive ketones (excluding diaryl/α,β-unsaturated/α-hetero) is 1. The van der Waals surface area contributed by atoms with Gasteiger partial charge in [0.1, 0.15) is 11.3 Å². The molecule has 2 heterocycles. The lowest BCUT2D eigenvalue weighted by Crippen LogP contribution is -2.37. The molecule has 1 fully saturated rings. The topological polar surface area (TPSA) is 69.0 Å². The van der Waals surface area contributed by atoms with Gasteiger partial charge in [-0.25, -0.2) is 4.79 Å². The van der Waals surface area contributed by atoms with E-state index in [0.717, 1.165) is 50.4 Å². The smallest absolute Gasteiger partial charge is 0.336 e. The van der Waals surface area contributed by atoms with Crippen molar-refractivity contribution in [1.82, 2.24) is 4.90 Å². The van der Waals surface area contributed by atoms with Crippen molar-refractivity contribution in [2.24, 2.45) is 0 Å². The Morgan fingerprint density at radius 1 is 1.19 bits per heavy atom. The molecule has 0 amide bonds. The second kappa shape index (κ2) is 8.01. The number of nitrogens with zero attached hydrogens (tertiary/aromatic N) is 1. The van der Waals surface area contributed by atoms with Gasteiger partial charge in [0.2, 0.25) is 0 Å². The Morgan fingerprint density at radius 3 is 2.62 bits per heavy atom. The van der Waals surface area contributed by atoms with Gasteiger partial charge in [-0.2, -0.15) is 0 Å². The van der Waals surface area contributed by atoms with Crippen LogP contribution in [0.4, 0.5) is 0 Å². The van der Waals surface area contributed by atoms with Crippen molar-refractivity contribution in [1.29, 1.82) is 0 Å². The zero-order chi connectivity index (χ0) is 18.7. The minimum absolute atomic E-state index is 0.0572. The van der Waals surface area contributed by atoms with Crippen molar-refractivity contribution in [2.45, 2.75) is 27.2 Å². The number of carbonyl (C=O) groups excluding carboxylic acids is 1. The molecule has 0 N–H and O–H groups in total. The van der Waals surface area contributed by atoms with Crippen molar-refractivity contribution < 1.29 is 18.7 Å². The Bertz CT molecular complexity index is 865. The maximum absolute atomic E-state index is 12.2. The highest BCUT2D eigenvalue weighted by Gasteiger charge is 2.20. The number of fused-ring (bicyclic) bond motifs is 1. The van der Waals surface area contributed by atoms with Crippen molar-refractivity contribution in [3.63, 3.8) is 0 Å². The molecular formula is C20H25NO5. The van der Waals surface area contributed by atoms with Crippen LogP contribution in [0.15, 0.2) is 21.3 Å². The Hall–Kier alpha value is -2.18. The molecule has 0 saturated carbocycles. The molecule has 6 nitrogen and oxygen atoms in total. The quantitative estimate of drug-likeness (QED) is 0.449. The van der Waals surface area contributed by atoms with Crippen LogP contribution in [0.2, 0.25) is 0 Å². The lowest BCUT2D eigenvalue weighted by Gasteiger charge is -2.26. The molecule has 140 valence electrons. The second-order valence-corrected chi connectivity index (χ2v) is 6.73. The number of ketones is 1. The molecule has 0 spiro atoms. The van der Waals surface area contributed by atoms with Gasteiger partial charge in [0.05, 0.1) is 30.8 Å². The van der Waals surface area contributed by atoms with Crippen LogP contribution in [0.25, 0.3) is 11.0 Å². The van der Waals surface area contributed by atoms with E-state index in [9.17, 15) is 9.59 Å². The molecule has 1 aliphatic heterocycles. The van der Waals surface area contributed by atoms with E-state index in [1.807, 2.05) is 13.8 Å². The lowest BCUT2D eigenvalue weighted by atomic mass is 9.98. The molecule has 6 heteroatoms. The summed E-state index contributed by atoms with van der Waals surface area (Å²) < 4.78 is 16.7. The summed E-state index contributed by atoms with van der Waals surface area (Å²) in [6.07, 6.45) is 0.850. The van der Waals surface area contributed by atoms with Crippen LogP contribution in [-0.4, -0.2) is 50.1 Å². The summed E-state index contributed by atoms with van der Waals surface area (Å²) in [5, 5.41) is 0.701. The van der Waals surface area contributed by atoms with Gasteiger partial charge in [0.25, 0.3) is 0 Å². The predicted octanol–water partition coefficient (Wildman–Crippen LogP) is 2.71. The summed E-state index contributed by atoms with van der Waals surface area (Å²) in [6, 6.07) is 3.17. The summed E-state index contributed by atoms with van der Waals surface area (Å²) in [7, 11) is 0. The lowest BCUT2D eigenvalue weighted by molar-refractivity contribution is 0.0358. The Balaban J connectivity index is 1.86. The number of rotatable bonds is 6. The van der Waals surface area contributed by atoms with Gasteiger partial charge in [0.15, 0.2) is 5.78 Å². The average molecular weight is 359 g/mol. The molecule has 0 bridgehead atoms. The molecule has 0 unspecified atom stereocenters. The number of hydrogen-bond acceptors (Lipinski definition) is 6. The normalized spacial score (nSPS) is 15.3. The molecule has 3 rings (SSSR count). The third-order valence-corrected chi connectivity index (χ3v) is 4.70. The van der Waals surface area contributed by atoms with Gasteiger partial charge < -0.3 is 13.9 Å². The van der Waals surface area contributed by atoms with Crippen LogP contribution < -0.4 is 10.4 Å². The van der Waals surface area contributed by atoms with Gasteiger partial charge in [-0.3, -0.25) is 9.69 Å². The molecule has 0 atom stereocenters. The van der Waals surface area contributed by atoms with Gasteiger partial charge in [0, 0.05) is 25.7 Å². The van der Waals surface area contributed by atoms with E-state index >= 15 is 0 Å². The van der Waals surface area contributed by atoms with E-state index in [4.69, 9.17) is 13.9 Å². The first-order valence-electron chi connectivity index (χ1n) is 8.99. The highest BCUT2D eigenvalue weighted by atomic mass is 16.5. The van der Waals surface area contributed by atoms with Crippen molar-refractivity contribution in [3.8, 4) is 5.75 Å². The zero-order valence-corrected chi connectivity index (χ0v) is 15.6. The van der Waals surface area contributed by atoms with Crippen LogP contribution in [0.5, 0.6) is 5.75 Å². The molecule has 2 aromatic rings. The molecule has 0 radical (unpaired) electrons. The van der Waals surface area contributed by atoms with Crippen LogP contribution >= 0.6 is 0 Å². The number of benzene rings is 1. The number of hydrogen-bond donors (Lipinski definition) is 0. The molecule has 1 aromatic carbocycles. The van der Waals surface area contributed by atoms with E-state index in [1.165, 1.54) is 13.0 Å². The molecule has 1 aliphatic rings. The van der Waals surface area contributed by atoms with E-state index in [1.54, 1.807) is 6.07 Å². The van der Waals surface area contributed by atoms with Crippen molar-refractivity contribution >= 4 is 16.8 Å². The molecule has 0 aliphatic carbocycles. The maximum Gasteiger partial charge on any atom is 0.336 e. The van der Waals surface area contributed by atoms with Gasteiger partial charge in [-0.15, -0.1) is 0 Å². The van der Waals surface area contributed by atoms with E-state index in [2.05, 4.69) is 4.90 Å². The van der Waals surface area contributed by atoms with Crippen LogP contribution in [0.1, 0.15) is 34.8 Å². The van der Waals surface area contributed by atoms with Crippen molar-refractivity contribution in [3.05, 3.63) is 39.2 Å². The minimum atomic E-state index is -0.400. The van der Waals surface area contributed by atoms with E-state index in [0.29, 0.717) is 28.9 Å². The number of morpholine rings is 1. The predicted molar refractivity (Wildman–Crippen MR) is 99.3 cm³/mol. The summed E-state index contributed by atoms with van der Waals surface area (Å²) in [5.74, 6) is 0.467. The van der Waals surface area contributed by atoms with Gasteiger partial charge in [-0.05, 0) is 44.4 Å². The zero-order valence-electron chi connectivity index (χ0n) is 15.6. The Labute approximate surface area is 152 Å². The summed E-state index contributed by atoms with van der Waals surface area (Å²) in [5.41, 5.74) is 2.12. The van der Waals surface area contributed by atoms with E-state index in [-0.39, 0.29) is 5.78 Å². The first-order chi connectivity index (χ1) is 12.5. The van der Waals surface area contributed by atoms with Gasteiger partial charge in [-0.1, -0.05) is 0 Å². The summed E-state index contributed by atoms with van der Waals surface area (Å²) in [6.45, 7) is 10.0. The first kappa shape index (κ1) is 18.6. The van der Waals surface area contributed by atoms with E-state index < -0.39 is 5.63 Å². The largest absolute Gasteiger partial charge is 0.492 e. The van der Waals surface area contributed by atoms with Crippen LogP contribution in [0, 0.1) is 13.8 Å². The van der Waals surface area contributed by atoms with Gasteiger partial charge >= 0.3 is 5.63 Å². The highest BCUT2D eigenvalue weighted by molar-refractivity contribution is 6.04. The molecule has 1 aromatic heterocycles. The number of ether oxygens (including phenoxy) is 2. The minimum Gasteiger partial charge on any atom is -0.492 e. The molecule has 26 heavy (non-hydrogen) atoms. The third kappa shape index (κ3) is 3.97. The fourth-order valence-electron chi connectivity index (χ4n) is 3.47. The summed E-state index contributed by atoms with van der Waals surface area (Å²) >= 11 is 0. The number of carbonyl (C=O) groups is 1. The standard InChI is InChI=1S/C20H25NO5/c1-13-11-16-19(14(2)12-17(23)26-16)20(18(13)15(3)22)25-8-4-5-21-6-9-24-10-7-21/h11-12H,4-10H2,1-3H3. The Kier molecular flexibility index (Phi) is 5.74. The molecule has 1 saturated heterocycles. The summed E-state index contributed by atoms with van der Waals surface area (Å²) in [4.78, 5) is 26.2. The molecular weight excluding hydrogens is 334 g/mol. The third-order valence-electron chi connectivity index (χ3n) is 4.70. The monoisotopic (exact) mass is 359 g/mol. The second-order valence-electron chi connectivity index (χ2n) is 6.73. The maximum atomic E-state index is 12.2. The highest BCUT2D eigenvalue weighted by Crippen LogP contribution is 2.34. The fourth-order valence-corrected chi connectivity index (χ4v) is 3.47. The number of aryl methyl sites for hydroxylation is 2.